The van der Waals surface area contributed by atoms with E-state index in [9.17, 15) is 0 Å². The van der Waals surface area contributed by atoms with Crippen LogP contribution in [0.2, 0.25) is 0 Å². The van der Waals surface area contributed by atoms with Crippen LogP contribution in [0.4, 0.5) is 0 Å². The fraction of sp³-hybridized carbons (Fsp3) is 1.00. The van der Waals surface area contributed by atoms with Crippen LogP contribution in [-0.2, 0) is 4.74 Å². The monoisotopic (exact) mass is 240 g/mol. The fourth-order valence-corrected chi connectivity index (χ4v) is 3.12. The molecule has 2 fully saturated rings. The average Bonchev–Trinajstić information content (AvgIpc) is 2.32. The molecule has 2 unspecified atom stereocenters. The second-order valence-electron chi connectivity index (χ2n) is 5.69. The summed E-state index contributed by atoms with van der Waals surface area (Å²) in [5, 5.41) is 3.84. The zero-order chi connectivity index (χ0) is 12.1. The summed E-state index contributed by atoms with van der Waals surface area (Å²) in [6.45, 7) is 9.24. The van der Waals surface area contributed by atoms with Gasteiger partial charge in [-0.25, -0.2) is 0 Å². The highest BCUT2D eigenvalue weighted by Crippen LogP contribution is 2.17. The van der Waals surface area contributed by atoms with Crippen molar-refractivity contribution in [3.8, 4) is 0 Å². The van der Waals surface area contributed by atoms with Crippen molar-refractivity contribution in [1.29, 1.82) is 0 Å². The van der Waals surface area contributed by atoms with Crippen molar-refractivity contribution in [2.75, 3.05) is 26.2 Å². The minimum Gasteiger partial charge on any atom is -0.378 e. The topological polar surface area (TPSA) is 24.5 Å². The van der Waals surface area contributed by atoms with Crippen LogP contribution in [-0.4, -0.2) is 49.3 Å². The van der Waals surface area contributed by atoms with E-state index in [-0.39, 0.29) is 0 Å². The van der Waals surface area contributed by atoms with Crippen molar-refractivity contribution < 1.29 is 4.74 Å². The van der Waals surface area contributed by atoms with Crippen LogP contribution in [0, 0.1) is 0 Å². The Morgan fingerprint density at radius 2 is 1.94 bits per heavy atom. The van der Waals surface area contributed by atoms with E-state index in [0.29, 0.717) is 12.1 Å². The van der Waals surface area contributed by atoms with Gasteiger partial charge in [0.1, 0.15) is 0 Å². The molecule has 2 aliphatic rings. The number of piperidine rings is 1. The molecule has 0 aromatic rings. The molecule has 1 N–H and O–H groups in total. The Balaban J connectivity index is 1.67. The predicted molar refractivity (Wildman–Crippen MR) is 71.3 cm³/mol. The molecule has 2 heterocycles. The molecule has 0 saturated carbocycles. The molecule has 0 spiro atoms. The van der Waals surface area contributed by atoms with E-state index < -0.39 is 0 Å². The molecule has 3 nitrogen and oxygen atoms in total. The SMILES string of the molecule is CCCN1CCC(NC2CCOC(C)C2)CC1. The lowest BCUT2D eigenvalue weighted by Crippen LogP contribution is -2.48. The van der Waals surface area contributed by atoms with Gasteiger partial charge in [-0.2, -0.15) is 0 Å². The highest BCUT2D eigenvalue weighted by atomic mass is 16.5. The lowest BCUT2D eigenvalue weighted by Gasteiger charge is -2.36. The highest BCUT2D eigenvalue weighted by molar-refractivity contribution is 4.83. The van der Waals surface area contributed by atoms with Gasteiger partial charge in [0, 0.05) is 18.7 Å². The summed E-state index contributed by atoms with van der Waals surface area (Å²) < 4.78 is 5.60. The number of hydrogen-bond acceptors (Lipinski definition) is 3. The van der Waals surface area contributed by atoms with Gasteiger partial charge in [0.25, 0.3) is 0 Å². The maximum atomic E-state index is 5.60. The molecule has 100 valence electrons. The average molecular weight is 240 g/mol. The van der Waals surface area contributed by atoms with Crippen LogP contribution in [0.1, 0.15) is 46.0 Å². The van der Waals surface area contributed by atoms with Gasteiger partial charge in [0.05, 0.1) is 6.10 Å². The van der Waals surface area contributed by atoms with Crippen molar-refractivity contribution in [2.45, 2.75) is 64.1 Å². The summed E-state index contributed by atoms with van der Waals surface area (Å²) in [5.74, 6) is 0. The first-order chi connectivity index (χ1) is 8.28. The summed E-state index contributed by atoms with van der Waals surface area (Å²) in [6.07, 6.45) is 6.77. The van der Waals surface area contributed by atoms with Gasteiger partial charge in [-0.3, -0.25) is 0 Å². The van der Waals surface area contributed by atoms with Crippen molar-refractivity contribution in [2.24, 2.45) is 0 Å². The first-order valence-electron chi connectivity index (χ1n) is 7.38. The second-order valence-corrected chi connectivity index (χ2v) is 5.69. The second kappa shape index (κ2) is 6.72. The molecule has 3 heteroatoms. The van der Waals surface area contributed by atoms with Gasteiger partial charge in [-0.05, 0) is 58.7 Å². The van der Waals surface area contributed by atoms with Crippen molar-refractivity contribution >= 4 is 0 Å². The van der Waals surface area contributed by atoms with Crippen molar-refractivity contribution in [3.63, 3.8) is 0 Å². The number of nitrogens with one attached hydrogen (secondary N) is 1. The Bertz CT molecular complexity index is 214. The Morgan fingerprint density at radius 1 is 1.18 bits per heavy atom. The molecule has 2 saturated heterocycles. The first kappa shape index (κ1) is 13.3. The van der Waals surface area contributed by atoms with Crippen LogP contribution < -0.4 is 5.32 Å². The van der Waals surface area contributed by atoms with Gasteiger partial charge in [-0.15, -0.1) is 0 Å². The smallest absolute Gasteiger partial charge is 0.0561 e. The maximum absolute atomic E-state index is 5.60. The van der Waals surface area contributed by atoms with Gasteiger partial charge in [0.15, 0.2) is 0 Å². The van der Waals surface area contributed by atoms with E-state index in [1.807, 2.05) is 0 Å². The number of nitrogens with zero attached hydrogens (tertiary/aromatic N) is 1. The molecule has 0 radical (unpaired) electrons. The summed E-state index contributed by atoms with van der Waals surface area (Å²) in [4.78, 5) is 2.60. The summed E-state index contributed by atoms with van der Waals surface area (Å²) in [7, 11) is 0. The van der Waals surface area contributed by atoms with E-state index in [2.05, 4.69) is 24.1 Å². The third-order valence-electron chi connectivity index (χ3n) is 4.08. The summed E-state index contributed by atoms with van der Waals surface area (Å²) in [5.41, 5.74) is 0. The summed E-state index contributed by atoms with van der Waals surface area (Å²) >= 11 is 0. The Labute approximate surface area is 106 Å². The zero-order valence-corrected chi connectivity index (χ0v) is 11.5. The lowest BCUT2D eigenvalue weighted by atomic mass is 9.99. The van der Waals surface area contributed by atoms with Crippen molar-refractivity contribution in [3.05, 3.63) is 0 Å². The van der Waals surface area contributed by atoms with Crippen LogP contribution in [0.5, 0.6) is 0 Å². The van der Waals surface area contributed by atoms with Crippen LogP contribution in [0.25, 0.3) is 0 Å². The number of likely N-dealkylation sites (tertiary alicyclic amines) is 1. The van der Waals surface area contributed by atoms with E-state index in [1.54, 1.807) is 0 Å². The van der Waals surface area contributed by atoms with Gasteiger partial charge in [0.2, 0.25) is 0 Å². The molecule has 2 atom stereocenters. The van der Waals surface area contributed by atoms with Gasteiger partial charge < -0.3 is 15.0 Å². The third-order valence-corrected chi connectivity index (χ3v) is 4.08. The van der Waals surface area contributed by atoms with Crippen LogP contribution in [0.15, 0.2) is 0 Å². The fourth-order valence-electron chi connectivity index (χ4n) is 3.12. The molecule has 0 aromatic carbocycles. The Kier molecular flexibility index (Phi) is 5.26. The molecular formula is C14H28N2O. The minimum absolute atomic E-state index is 0.446. The largest absolute Gasteiger partial charge is 0.378 e. The van der Waals surface area contributed by atoms with Crippen LogP contribution in [0.3, 0.4) is 0 Å². The molecule has 0 amide bonds. The molecule has 17 heavy (non-hydrogen) atoms. The summed E-state index contributed by atoms with van der Waals surface area (Å²) in [6, 6.07) is 1.44. The zero-order valence-electron chi connectivity index (χ0n) is 11.5. The quantitative estimate of drug-likeness (QED) is 0.813. The molecule has 0 aromatic heterocycles. The van der Waals surface area contributed by atoms with Gasteiger partial charge >= 0.3 is 0 Å². The van der Waals surface area contributed by atoms with Gasteiger partial charge in [-0.1, -0.05) is 6.92 Å². The standard InChI is InChI=1S/C14H28N2O/c1-3-7-16-8-4-13(5-9-16)15-14-6-10-17-12(2)11-14/h12-15H,3-11H2,1-2H3. The normalized spacial score (nSPS) is 32.8. The van der Waals surface area contributed by atoms with E-state index in [4.69, 9.17) is 4.74 Å². The van der Waals surface area contributed by atoms with Crippen LogP contribution >= 0.6 is 0 Å². The van der Waals surface area contributed by atoms with E-state index in [1.165, 1.54) is 51.7 Å². The third kappa shape index (κ3) is 4.23. The molecule has 0 aliphatic carbocycles. The minimum atomic E-state index is 0.446. The molecule has 2 aliphatic heterocycles. The number of rotatable bonds is 4. The Morgan fingerprint density at radius 3 is 2.59 bits per heavy atom. The van der Waals surface area contributed by atoms with E-state index >= 15 is 0 Å². The maximum Gasteiger partial charge on any atom is 0.0561 e. The van der Waals surface area contributed by atoms with E-state index in [0.717, 1.165) is 12.6 Å². The highest BCUT2D eigenvalue weighted by Gasteiger charge is 2.24. The molecular weight excluding hydrogens is 212 g/mol. The predicted octanol–water partition coefficient (Wildman–Crippen LogP) is 2.02. The number of hydrogen-bond donors (Lipinski definition) is 1. The first-order valence-corrected chi connectivity index (χ1v) is 7.38. The number of ether oxygens (including phenoxy) is 1. The van der Waals surface area contributed by atoms with Crippen molar-refractivity contribution in [1.82, 2.24) is 10.2 Å². The molecule has 2 rings (SSSR count). The lowest BCUT2D eigenvalue weighted by molar-refractivity contribution is 0.00944. The molecule has 0 bridgehead atoms. The Hall–Kier alpha value is -0.120.